The molecule has 9 heteroatoms. The van der Waals surface area contributed by atoms with Gasteiger partial charge in [0.1, 0.15) is 5.82 Å². The summed E-state index contributed by atoms with van der Waals surface area (Å²) in [6.07, 6.45) is 1.83. The van der Waals surface area contributed by atoms with Crippen LogP contribution in [-0.4, -0.2) is 45.7 Å². The molecule has 2 N–H and O–H groups in total. The van der Waals surface area contributed by atoms with E-state index < -0.39 is 0 Å². The third-order valence-electron chi connectivity index (χ3n) is 5.80. The molecule has 0 radical (unpaired) electrons. The monoisotopic (exact) mass is 483 g/mol. The van der Waals surface area contributed by atoms with Crippen LogP contribution in [0.15, 0.2) is 54.6 Å². The second-order valence-corrected chi connectivity index (χ2v) is 9.36. The predicted octanol–water partition coefficient (Wildman–Crippen LogP) is 3.51. The number of piperidine rings is 1. The summed E-state index contributed by atoms with van der Waals surface area (Å²) in [6, 6.07) is 17.6. The van der Waals surface area contributed by atoms with Crippen molar-refractivity contribution in [3.05, 3.63) is 76.6 Å². The zero-order valence-electron chi connectivity index (χ0n) is 18.2. The van der Waals surface area contributed by atoms with E-state index in [2.05, 4.69) is 4.37 Å². The summed E-state index contributed by atoms with van der Waals surface area (Å²) < 4.78 is 4.53. The van der Waals surface area contributed by atoms with Gasteiger partial charge in [-0.15, -0.1) is 0 Å². The summed E-state index contributed by atoms with van der Waals surface area (Å²) in [5, 5.41) is 1.40. The zero-order valence-corrected chi connectivity index (χ0v) is 19.8. The van der Waals surface area contributed by atoms with E-state index in [1.165, 1.54) is 11.5 Å². The van der Waals surface area contributed by atoms with E-state index in [0.29, 0.717) is 54.9 Å². The number of anilines is 1. The maximum absolute atomic E-state index is 13.1. The molecule has 4 rings (SSSR count). The number of hydrogen-bond acceptors (Lipinski definition) is 6. The first kappa shape index (κ1) is 23.2. The molecule has 2 aromatic carbocycles. The van der Waals surface area contributed by atoms with Gasteiger partial charge in [-0.05, 0) is 36.1 Å². The van der Waals surface area contributed by atoms with Crippen molar-refractivity contribution >= 4 is 40.1 Å². The predicted molar refractivity (Wildman–Crippen MR) is 130 cm³/mol. The largest absolute Gasteiger partial charge is 0.369 e. The first-order chi connectivity index (χ1) is 16.0. The summed E-state index contributed by atoms with van der Waals surface area (Å²) in [7, 11) is 0. The number of aromatic nitrogens is 2. The number of primary amides is 1. The van der Waals surface area contributed by atoms with Gasteiger partial charge in [0.05, 0.1) is 6.54 Å². The molecule has 1 saturated heterocycles. The van der Waals surface area contributed by atoms with E-state index in [4.69, 9.17) is 22.3 Å². The lowest BCUT2D eigenvalue weighted by atomic mass is 9.96. The van der Waals surface area contributed by atoms with E-state index in [1.54, 1.807) is 0 Å². The van der Waals surface area contributed by atoms with Gasteiger partial charge in [0.2, 0.25) is 16.9 Å². The van der Waals surface area contributed by atoms with Crippen LogP contribution in [0, 0.1) is 5.92 Å². The molecule has 0 aliphatic carbocycles. The Morgan fingerprint density at radius 2 is 1.76 bits per heavy atom. The van der Waals surface area contributed by atoms with Crippen molar-refractivity contribution in [2.45, 2.75) is 25.8 Å². The van der Waals surface area contributed by atoms with Crippen LogP contribution in [0.4, 0.5) is 5.13 Å². The number of rotatable bonds is 8. The number of nitrogens with two attached hydrogens (primary N) is 1. The van der Waals surface area contributed by atoms with Gasteiger partial charge in [0.25, 0.3) is 0 Å². The summed E-state index contributed by atoms with van der Waals surface area (Å²) in [5.41, 5.74) is 7.59. The molecular formula is C24H26ClN5O2S. The number of hydrogen-bond donors (Lipinski definition) is 1. The number of carbonyl (C=O) groups is 2. The van der Waals surface area contributed by atoms with Crippen molar-refractivity contribution in [3.63, 3.8) is 0 Å². The van der Waals surface area contributed by atoms with Crippen molar-refractivity contribution in [2.24, 2.45) is 11.7 Å². The molecule has 2 heterocycles. The molecule has 1 fully saturated rings. The van der Waals surface area contributed by atoms with E-state index >= 15 is 0 Å². The Morgan fingerprint density at radius 1 is 1.06 bits per heavy atom. The summed E-state index contributed by atoms with van der Waals surface area (Å²) >= 11 is 7.28. The van der Waals surface area contributed by atoms with E-state index in [1.807, 2.05) is 64.4 Å². The van der Waals surface area contributed by atoms with E-state index in [-0.39, 0.29) is 24.3 Å². The van der Waals surface area contributed by atoms with Crippen LogP contribution >= 0.6 is 23.1 Å². The van der Waals surface area contributed by atoms with Gasteiger partial charge in [-0.3, -0.25) is 9.59 Å². The number of benzene rings is 2. The number of nitrogens with zero attached hydrogens (tertiary/aromatic N) is 4. The standard InChI is InChI=1S/C24H26ClN5O2S/c25-20-8-6-17(7-9-20)14-21-27-24(33-28-21)30(15-18-4-2-1-3-5-18)16-22(31)29-12-10-19(11-13-29)23(26)32/h1-9,19H,10-16H2,(H2,26,32). The highest BCUT2D eigenvalue weighted by atomic mass is 35.5. The highest BCUT2D eigenvalue weighted by Crippen LogP contribution is 2.23. The van der Waals surface area contributed by atoms with Gasteiger partial charge in [0.15, 0.2) is 0 Å². The highest BCUT2D eigenvalue weighted by molar-refractivity contribution is 7.09. The van der Waals surface area contributed by atoms with Gasteiger partial charge in [-0.1, -0.05) is 54.1 Å². The van der Waals surface area contributed by atoms with Crippen molar-refractivity contribution < 1.29 is 9.59 Å². The Morgan fingerprint density at radius 3 is 2.42 bits per heavy atom. The molecule has 33 heavy (non-hydrogen) atoms. The molecule has 0 spiro atoms. The summed E-state index contributed by atoms with van der Waals surface area (Å²) in [4.78, 5) is 33.0. The molecule has 1 aliphatic heterocycles. The van der Waals surface area contributed by atoms with Crippen LogP contribution in [-0.2, 0) is 22.6 Å². The molecule has 0 unspecified atom stereocenters. The minimum atomic E-state index is -0.283. The maximum Gasteiger partial charge on any atom is 0.242 e. The van der Waals surface area contributed by atoms with Crippen LogP contribution in [0.3, 0.4) is 0 Å². The molecule has 0 atom stereocenters. The molecule has 1 aliphatic rings. The summed E-state index contributed by atoms with van der Waals surface area (Å²) in [6.45, 7) is 1.85. The molecule has 0 bridgehead atoms. The van der Waals surface area contributed by atoms with Crippen molar-refractivity contribution in [2.75, 3.05) is 24.5 Å². The quantitative estimate of drug-likeness (QED) is 0.529. The first-order valence-corrected chi connectivity index (χ1v) is 12.1. The van der Waals surface area contributed by atoms with Crippen LogP contribution in [0.1, 0.15) is 29.8 Å². The SMILES string of the molecule is NC(=O)C1CCN(C(=O)CN(Cc2ccccc2)c2nc(Cc3ccc(Cl)cc3)ns2)CC1. The average molecular weight is 484 g/mol. The van der Waals surface area contributed by atoms with Crippen LogP contribution in [0.5, 0.6) is 0 Å². The Hall–Kier alpha value is -2.97. The Kier molecular flexibility index (Phi) is 7.57. The smallest absolute Gasteiger partial charge is 0.242 e. The van der Waals surface area contributed by atoms with Gasteiger partial charge >= 0.3 is 0 Å². The molecule has 172 valence electrons. The molecule has 1 aromatic heterocycles. The first-order valence-electron chi connectivity index (χ1n) is 10.9. The fourth-order valence-electron chi connectivity index (χ4n) is 3.90. The lowest BCUT2D eigenvalue weighted by Gasteiger charge is -2.32. The number of likely N-dealkylation sites (tertiary alicyclic amines) is 1. The average Bonchev–Trinajstić information content (AvgIpc) is 3.29. The number of halogens is 1. The lowest BCUT2D eigenvalue weighted by Crippen LogP contribution is -2.45. The molecule has 0 saturated carbocycles. The van der Waals surface area contributed by atoms with Crippen LogP contribution < -0.4 is 10.6 Å². The van der Waals surface area contributed by atoms with Crippen LogP contribution in [0.25, 0.3) is 0 Å². The Labute approximate surface area is 202 Å². The maximum atomic E-state index is 13.1. The minimum absolute atomic E-state index is 0.0169. The second-order valence-electron chi connectivity index (χ2n) is 8.20. The highest BCUT2D eigenvalue weighted by Gasteiger charge is 2.27. The van der Waals surface area contributed by atoms with Crippen molar-refractivity contribution in [1.82, 2.24) is 14.3 Å². The van der Waals surface area contributed by atoms with Gasteiger partial charge < -0.3 is 15.5 Å². The molecule has 2 amide bonds. The Balaban J connectivity index is 1.47. The third kappa shape index (κ3) is 6.30. The van der Waals surface area contributed by atoms with E-state index in [0.717, 1.165) is 11.1 Å². The molecular weight excluding hydrogens is 458 g/mol. The topological polar surface area (TPSA) is 92.4 Å². The van der Waals surface area contributed by atoms with Crippen LogP contribution in [0.2, 0.25) is 5.02 Å². The van der Waals surface area contributed by atoms with Gasteiger partial charge in [0, 0.05) is 48.5 Å². The summed E-state index contributed by atoms with van der Waals surface area (Å²) in [5.74, 6) is 0.302. The fourth-order valence-corrected chi connectivity index (χ4v) is 4.71. The molecule has 7 nitrogen and oxygen atoms in total. The normalized spacial score (nSPS) is 14.3. The molecule has 3 aromatic rings. The second kappa shape index (κ2) is 10.8. The fraction of sp³-hybridized carbons (Fsp3) is 0.333. The van der Waals surface area contributed by atoms with Crippen molar-refractivity contribution in [1.29, 1.82) is 0 Å². The van der Waals surface area contributed by atoms with E-state index in [9.17, 15) is 9.59 Å². The third-order valence-corrected chi connectivity index (χ3v) is 6.86. The van der Waals surface area contributed by atoms with Crippen molar-refractivity contribution in [3.8, 4) is 0 Å². The zero-order chi connectivity index (χ0) is 23.2. The lowest BCUT2D eigenvalue weighted by molar-refractivity contribution is -0.133. The number of amides is 2. The van der Waals surface area contributed by atoms with Gasteiger partial charge in [-0.2, -0.15) is 4.37 Å². The van der Waals surface area contributed by atoms with Gasteiger partial charge in [-0.25, -0.2) is 4.98 Å². The number of carbonyl (C=O) groups excluding carboxylic acids is 2. The Bertz CT molecular complexity index is 1080. The minimum Gasteiger partial charge on any atom is -0.369 e.